The molecule has 4 nitrogen and oxygen atoms in total. The van der Waals surface area contributed by atoms with Crippen molar-refractivity contribution in [3.05, 3.63) is 41.1 Å². The van der Waals surface area contributed by atoms with Crippen LogP contribution in [0.15, 0.2) is 36.0 Å². The van der Waals surface area contributed by atoms with Crippen molar-refractivity contribution in [2.45, 2.75) is 38.1 Å². The lowest BCUT2D eigenvalue weighted by Gasteiger charge is -2.31. The highest BCUT2D eigenvalue weighted by Gasteiger charge is 2.24. The minimum Gasteiger partial charge on any atom is -0.360 e. The van der Waals surface area contributed by atoms with Crippen molar-refractivity contribution < 1.29 is 4.79 Å². The summed E-state index contributed by atoms with van der Waals surface area (Å²) in [5.41, 5.74) is 0.849. The maximum atomic E-state index is 12.4. The molecule has 1 aliphatic carbocycles. The van der Waals surface area contributed by atoms with Gasteiger partial charge in [0.15, 0.2) is 0 Å². The zero-order valence-corrected chi connectivity index (χ0v) is 13.4. The van der Waals surface area contributed by atoms with Gasteiger partial charge in [0.2, 0.25) is 0 Å². The van der Waals surface area contributed by atoms with E-state index in [4.69, 9.17) is 11.6 Å². The van der Waals surface area contributed by atoms with Gasteiger partial charge >= 0.3 is 0 Å². The van der Waals surface area contributed by atoms with Gasteiger partial charge in [-0.3, -0.25) is 4.79 Å². The minimum atomic E-state index is -0.232. The quantitative estimate of drug-likeness (QED) is 0.675. The molecule has 0 radical (unpaired) electrons. The standard InChI is InChI=1S/C17H20ClN3O/c1-21(16-8-3-2-4-9-16)17(22)13(11-19)12-20-15-7-5-6-14(18)10-15/h5-7,10,12,16,20H,2-4,8-9H2,1H3/b13-12-. The second-order valence-electron chi connectivity index (χ2n) is 5.53. The van der Waals surface area contributed by atoms with Crippen LogP contribution in [0.3, 0.4) is 0 Å². The maximum Gasteiger partial charge on any atom is 0.266 e. The number of hydrogen-bond acceptors (Lipinski definition) is 3. The molecule has 0 heterocycles. The van der Waals surface area contributed by atoms with Crippen LogP contribution in [-0.4, -0.2) is 23.9 Å². The highest BCUT2D eigenvalue weighted by Crippen LogP contribution is 2.22. The molecule has 5 heteroatoms. The van der Waals surface area contributed by atoms with Crippen molar-refractivity contribution in [1.82, 2.24) is 4.90 Å². The fourth-order valence-corrected chi connectivity index (χ4v) is 2.89. The molecule has 22 heavy (non-hydrogen) atoms. The molecule has 1 N–H and O–H groups in total. The monoisotopic (exact) mass is 317 g/mol. The third kappa shape index (κ3) is 4.25. The largest absolute Gasteiger partial charge is 0.360 e. The molecule has 0 saturated heterocycles. The first-order chi connectivity index (χ1) is 10.6. The van der Waals surface area contributed by atoms with Crippen LogP contribution in [0.25, 0.3) is 0 Å². The Morgan fingerprint density at radius 3 is 2.77 bits per heavy atom. The van der Waals surface area contributed by atoms with Crippen LogP contribution in [-0.2, 0) is 4.79 Å². The molecule has 0 spiro atoms. The Morgan fingerprint density at radius 2 is 2.14 bits per heavy atom. The maximum absolute atomic E-state index is 12.4. The number of hydrogen-bond donors (Lipinski definition) is 1. The Balaban J connectivity index is 2.04. The van der Waals surface area contributed by atoms with Gasteiger partial charge in [0.1, 0.15) is 11.6 Å². The zero-order chi connectivity index (χ0) is 15.9. The Hall–Kier alpha value is -1.99. The number of rotatable bonds is 4. The number of halogens is 1. The van der Waals surface area contributed by atoms with Crippen molar-refractivity contribution in [2.75, 3.05) is 12.4 Å². The smallest absolute Gasteiger partial charge is 0.266 e. The van der Waals surface area contributed by atoms with Gasteiger partial charge in [0, 0.05) is 30.0 Å². The molecule has 0 atom stereocenters. The van der Waals surface area contributed by atoms with Gasteiger partial charge in [-0.05, 0) is 31.0 Å². The number of nitrogens with one attached hydrogen (secondary N) is 1. The molecule has 1 aromatic rings. The molecule has 0 aromatic heterocycles. The fourth-order valence-electron chi connectivity index (χ4n) is 2.70. The summed E-state index contributed by atoms with van der Waals surface area (Å²) in [7, 11) is 1.78. The number of anilines is 1. The lowest BCUT2D eigenvalue weighted by molar-refractivity contribution is -0.128. The highest BCUT2D eigenvalue weighted by molar-refractivity contribution is 6.30. The van der Waals surface area contributed by atoms with Crippen LogP contribution in [0.5, 0.6) is 0 Å². The Labute approximate surface area is 136 Å². The lowest BCUT2D eigenvalue weighted by Crippen LogP contribution is -2.39. The van der Waals surface area contributed by atoms with Crippen LogP contribution in [0.4, 0.5) is 5.69 Å². The van der Waals surface area contributed by atoms with Gasteiger partial charge in [-0.15, -0.1) is 0 Å². The van der Waals surface area contributed by atoms with E-state index >= 15 is 0 Å². The summed E-state index contributed by atoms with van der Waals surface area (Å²) in [5, 5.41) is 12.8. The van der Waals surface area contributed by atoms with Crippen molar-refractivity contribution in [1.29, 1.82) is 5.26 Å². The van der Waals surface area contributed by atoms with E-state index in [-0.39, 0.29) is 17.5 Å². The molecule has 0 bridgehead atoms. The summed E-state index contributed by atoms with van der Waals surface area (Å²) in [6, 6.07) is 9.36. The van der Waals surface area contributed by atoms with E-state index in [2.05, 4.69) is 5.32 Å². The number of likely N-dealkylation sites (N-methyl/N-ethyl adjacent to an activating group) is 1. The number of nitriles is 1. The third-order valence-electron chi connectivity index (χ3n) is 4.00. The average molecular weight is 318 g/mol. The van der Waals surface area contributed by atoms with Gasteiger partial charge in [0.25, 0.3) is 5.91 Å². The molecule has 2 rings (SSSR count). The van der Waals surface area contributed by atoms with E-state index in [9.17, 15) is 10.1 Å². The molecule has 0 unspecified atom stereocenters. The number of carbonyl (C=O) groups excluding carboxylic acids is 1. The van der Waals surface area contributed by atoms with E-state index in [1.807, 2.05) is 12.1 Å². The van der Waals surface area contributed by atoms with Crippen molar-refractivity contribution >= 4 is 23.2 Å². The first-order valence-corrected chi connectivity index (χ1v) is 7.89. The summed E-state index contributed by atoms with van der Waals surface area (Å²) < 4.78 is 0. The van der Waals surface area contributed by atoms with Gasteiger partial charge < -0.3 is 10.2 Å². The first kappa shape index (κ1) is 16.4. The number of benzene rings is 1. The summed E-state index contributed by atoms with van der Waals surface area (Å²) in [6.07, 6.45) is 7.01. The number of nitrogens with zero attached hydrogens (tertiary/aromatic N) is 2. The van der Waals surface area contributed by atoms with Gasteiger partial charge in [-0.25, -0.2) is 0 Å². The average Bonchev–Trinajstić information content (AvgIpc) is 2.55. The predicted octanol–water partition coefficient (Wildman–Crippen LogP) is 3.95. The molecule has 1 aromatic carbocycles. The van der Waals surface area contributed by atoms with Crippen LogP contribution >= 0.6 is 11.6 Å². The second kappa shape index (κ2) is 7.86. The summed E-state index contributed by atoms with van der Waals surface area (Å²) in [5.74, 6) is -0.232. The van der Waals surface area contributed by atoms with E-state index in [1.165, 1.54) is 12.6 Å². The van der Waals surface area contributed by atoms with Crippen molar-refractivity contribution in [2.24, 2.45) is 0 Å². The van der Waals surface area contributed by atoms with Crippen LogP contribution in [0, 0.1) is 11.3 Å². The van der Waals surface area contributed by atoms with E-state index in [0.29, 0.717) is 5.02 Å². The topological polar surface area (TPSA) is 56.1 Å². The second-order valence-corrected chi connectivity index (χ2v) is 5.97. The Morgan fingerprint density at radius 1 is 1.41 bits per heavy atom. The molecule has 1 saturated carbocycles. The molecule has 116 valence electrons. The molecule has 1 amide bonds. The SMILES string of the molecule is CN(C(=O)/C(C#N)=C\Nc1cccc(Cl)c1)C1CCCCC1. The Bertz CT molecular complexity index is 600. The number of amides is 1. The lowest BCUT2D eigenvalue weighted by atomic mass is 9.94. The fraction of sp³-hybridized carbons (Fsp3) is 0.412. The van der Waals surface area contributed by atoms with E-state index in [0.717, 1.165) is 31.4 Å². The molecular formula is C17H20ClN3O. The highest BCUT2D eigenvalue weighted by atomic mass is 35.5. The van der Waals surface area contributed by atoms with Crippen LogP contribution in [0.2, 0.25) is 5.02 Å². The molecule has 1 aliphatic rings. The van der Waals surface area contributed by atoms with Crippen molar-refractivity contribution in [3.8, 4) is 6.07 Å². The Kier molecular flexibility index (Phi) is 5.85. The van der Waals surface area contributed by atoms with Gasteiger partial charge in [-0.1, -0.05) is 36.9 Å². The minimum absolute atomic E-state index is 0.105. The normalized spacial score (nSPS) is 16.0. The van der Waals surface area contributed by atoms with Crippen LogP contribution in [0.1, 0.15) is 32.1 Å². The molecule has 0 aliphatic heterocycles. The third-order valence-corrected chi connectivity index (χ3v) is 4.24. The first-order valence-electron chi connectivity index (χ1n) is 7.51. The van der Waals surface area contributed by atoms with Crippen molar-refractivity contribution in [3.63, 3.8) is 0 Å². The van der Waals surface area contributed by atoms with Crippen LogP contribution < -0.4 is 5.32 Å². The molecule has 1 fully saturated rings. The summed E-state index contributed by atoms with van der Waals surface area (Å²) in [6.45, 7) is 0. The van der Waals surface area contributed by atoms with Gasteiger partial charge in [0.05, 0.1) is 0 Å². The zero-order valence-electron chi connectivity index (χ0n) is 12.7. The number of carbonyl (C=O) groups is 1. The van der Waals surface area contributed by atoms with Gasteiger partial charge in [-0.2, -0.15) is 5.26 Å². The summed E-state index contributed by atoms with van der Waals surface area (Å²) in [4.78, 5) is 14.1. The predicted molar refractivity (Wildman–Crippen MR) is 88.4 cm³/mol. The summed E-state index contributed by atoms with van der Waals surface area (Å²) >= 11 is 5.91. The molecular weight excluding hydrogens is 298 g/mol. The van der Waals surface area contributed by atoms with E-state index < -0.39 is 0 Å². The van der Waals surface area contributed by atoms with E-state index in [1.54, 1.807) is 30.1 Å².